The number of ether oxygens (including phenoxy) is 1. The number of esters is 1. The summed E-state index contributed by atoms with van der Waals surface area (Å²) in [7, 11) is 0. The lowest BCUT2D eigenvalue weighted by molar-refractivity contribution is -0.137. The van der Waals surface area contributed by atoms with E-state index < -0.39 is 17.7 Å². The summed E-state index contributed by atoms with van der Waals surface area (Å²) in [6.07, 6.45) is 2.88. The second kappa shape index (κ2) is 9.85. The molecule has 152 valence electrons. The summed E-state index contributed by atoms with van der Waals surface area (Å²) in [5, 5.41) is 3.24. The van der Waals surface area contributed by atoms with Crippen molar-refractivity contribution in [2.24, 2.45) is 0 Å². The summed E-state index contributed by atoms with van der Waals surface area (Å²) >= 11 is 6.03. The number of hydrogen-bond donors (Lipinski definition) is 1. The van der Waals surface area contributed by atoms with Gasteiger partial charge in [-0.25, -0.2) is 9.18 Å². The first-order valence-corrected chi connectivity index (χ1v) is 9.66. The van der Waals surface area contributed by atoms with Crippen LogP contribution in [-0.2, 0) is 9.53 Å². The zero-order valence-electron chi connectivity index (χ0n) is 16.2. The summed E-state index contributed by atoms with van der Waals surface area (Å²) < 4.78 is 19.2. The maximum absolute atomic E-state index is 14.3. The Morgan fingerprint density at radius 1 is 1.03 bits per heavy atom. The molecule has 0 aromatic heterocycles. The first kappa shape index (κ1) is 21.3. The molecule has 4 nitrogen and oxygen atoms in total. The fourth-order valence-electron chi connectivity index (χ4n) is 2.82. The molecule has 3 aromatic carbocycles. The number of rotatable bonds is 6. The Kier molecular flexibility index (Phi) is 6.99. The molecule has 1 amide bonds. The highest BCUT2D eigenvalue weighted by Gasteiger charge is 2.14. The molecule has 0 heterocycles. The Morgan fingerprint density at radius 2 is 1.80 bits per heavy atom. The van der Waals surface area contributed by atoms with Crippen molar-refractivity contribution in [2.45, 2.75) is 6.92 Å². The third-order valence-electron chi connectivity index (χ3n) is 4.21. The van der Waals surface area contributed by atoms with Gasteiger partial charge < -0.3 is 10.1 Å². The fraction of sp³-hybridized carbons (Fsp3) is 0.0833. The van der Waals surface area contributed by atoms with Crippen LogP contribution in [0.3, 0.4) is 0 Å². The van der Waals surface area contributed by atoms with Gasteiger partial charge in [-0.05, 0) is 66.1 Å². The van der Waals surface area contributed by atoms with Gasteiger partial charge in [0.15, 0.2) is 0 Å². The molecular weight excluding hydrogens is 405 g/mol. The highest BCUT2D eigenvalue weighted by molar-refractivity contribution is 6.30. The van der Waals surface area contributed by atoms with Gasteiger partial charge in [-0.1, -0.05) is 41.9 Å². The topological polar surface area (TPSA) is 55.4 Å². The van der Waals surface area contributed by atoms with E-state index in [9.17, 15) is 14.0 Å². The maximum atomic E-state index is 14.3. The van der Waals surface area contributed by atoms with Crippen molar-refractivity contribution in [3.8, 4) is 11.1 Å². The van der Waals surface area contributed by atoms with Crippen LogP contribution < -0.4 is 5.32 Å². The Labute approximate surface area is 179 Å². The lowest BCUT2D eigenvalue weighted by Gasteiger charge is -2.09. The predicted octanol–water partition coefficient (Wildman–Crippen LogP) is 5.97. The molecule has 3 aromatic rings. The Morgan fingerprint density at radius 3 is 2.57 bits per heavy atom. The molecule has 0 aliphatic rings. The van der Waals surface area contributed by atoms with Gasteiger partial charge in [-0.15, -0.1) is 0 Å². The lowest BCUT2D eigenvalue weighted by atomic mass is 10.0. The maximum Gasteiger partial charge on any atom is 0.330 e. The van der Waals surface area contributed by atoms with Gasteiger partial charge in [0.1, 0.15) is 5.82 Å². The van der Waals surface area contributed by atoms with Crippen LogP contribution in [0.2, 0.25) is 5.02 Å². The van der Waals surface area contributed by atoms with Crippen LogP contribution in [-0.4, -0.2) is 18.5 Å². The summed E-state index contributed by atoms with van der Waals surface area (Å²) in [5.41, 5.74) is 2.53. The summed E-state index contributed by atoms with van der Waals surface area (Å²) in [4.78, 5) is 24.1. The van der Waals surface area contributed by atoms with Crippen molar-refractivity contribution in [3.63, 3.8) is 0 Å². The number of hydrogen-bond acceptors (Lipinski definition) is 3. The minimum absolute atomic E-state index is 0.0834. The number of anilines is 1. The number of carbonyl (C=O) groups is 2. The van der Waals surface area contributed by atoms with Crippen LogP contribution in [0, 0.1) is 5.82 Å². The SMILES string of the molecule is CCOC(=O)/C=C/c1cccc(NC(=O)c2cc(-c3cccc(Cl)c3)ccc2F)c1. The molecule has 0 aliphatic heterocycles. The molecule has 0 atom stereocenters. The fourth-order valence-corrected chi connectivity index (χ4v) is 3.01. The van der Waals surface area contributed by atoms with Crippen molar-refractivity contribution < 1.29 is 18.7 Å². The van der Waals surface area contributed by atoms with E-state index in [1.165, 1.54) is 18.2 Å². The first-order chi connectivity index (χ1) is 14.5. The van der Waals surface area contributed by atoms with E-state index in [0.717, 1.165) is 5.56 Å². The van der Waals surface area contributed by atoms with Crippen molar-refractivity contribution in [2.75, 3.05) is 11.9 Å². The van der Waals surface area contributed by atoms with Gasteiger partial charge in [0.2, 0.25) is 0 Å². The van der Waals surface area contributed by atoms with Crippen molar-refractivity contribution in [3.05, 3.63) is 94.8 Å². The molecule has 0 bridgehead atoms. The molecule has 0 saturated carbocycles. The minimum Gasteiger partial charge on any atom is -0.463 e. The average molecular weight is 424 g/mol. The number of carbonyl (C=O) groups excluding carboxylic acids is 2. The number of amides is 1. The van der Waals surface area contributed by atoms with E-state index >= 15 is 0 Å². The second-order valence-corrected chi connectivity index (χ2v) is 6.81. The zero-order chi connectivity index (χ0) is 21.5. The Hall–Kier alpha value is -3.44. The molecule has 0 aliphatic carbocycles. The molecular formula is C24H19ClFNO3. The number of nitrogens with one attached hydrogen (secondary N) is 1. The monoisotopic (exact) mass is 423 g/mol. The van der Waals surface area contributed by atoms with Gasteiger partial charge >= 0.3 is 5.97 Å². The van der Waals surface area contributed by atoms with Crippen molar-refractivity contribution in [1.29, 1.82) is 0 Å². The molecule has 0 unspecified atom stereocenters. The van der Waals surface area contributed by atoms with Crippen molar-refractivity contribution >= 4 is 35.2 Å². The molecule has 0 saturated heterocycles. The van der Waals surface area contributed by atoms with Gasteiger partial charge in [0, 0.05) is 16.8 Å². The van der Waals surface area contributed by atoms with Crippen LogP contribution in [0.15, 0.2) is 72.8 Å². The normalized spacial score (nSPS) is 10.8. The Bertz CT molecular complexity index is 1110. The Balaban J connectivity index is 1.80. The quantitative estimate of drug-likeness (QED) is 0.392. The van der Waals surface area contributed by atoms with Crippen LogP contribution in [0.4, 0.5) is 10.1 Å². The smallest absolute Gasteiger partial charge is 0.330 e. The van der Waals surface area contributed by atoms with Gasteiger partial charge in [0.25, 0.3) is 5.91 Å². The number of benzene rings is 3. The highest BCUT2D eigenvalue weighted by atomic mass is 35.5. The van der Waals surface area contributed by atoms with E-state index in [1.807, 2.05) is 6.07 Å². The van der Waals surface area contributed by atoms with E-state index in [2.05, 4.69) is 5.32 Å². The molecule has 1 N–H and O–H groups in total. The summed E-state index contributed by atoms with van der Waals surface area (Å²) in [5.74, 6) is -1.66. The molecule has 0 spiro atoms. The zero-order valence-corrected chi connectivity index (χ0v) is 16.9. The predicted molar refractivity (Wildman–Crippen MR) is 117 cm³/mol. The average Bonchev–Trinajstić information content (AvgIpc) is 2.73. The third kappa shape index (κ3) is 5.55. The van der Waals surface area contributed by atoms with Crippen LogP contribution in [0.25, 0.3) is 17.2 Å². The summed E-state index contributed by atoms with van der Waals surface area (Å²) in [6, 6.07) is 18.3. The second-order valence-electron chi connectivity index (χ2n) is 6.37. The van der Waals surface area contributed by atoms with Gasteiger partial charge in [-0.2, -0.15) is 0 Å². The van der Waals surface area contributed by atoms with Crippen molar-refractivity contribution in [1.82, 2.24) is 0 Å². The number of halogens is 2. The van der Waals surface area contributed by atoms with E-state index in [1.54, 1.807) is 61.5 Å². The summed E-state index contributed by atoms with van der Waals surface area (Å²) in [6.45, 7) is 2.02. The molecule has 30 heavy (non-hydrogen) atoms. The molecule has 6 heteroatoms. The lowest BCUT2D eigenvalue weighted by Crippen LogP contribution is -2.14. The van der Waals surface area contributed by atoms with E-state index in [-0.39, 0.29) is 5.56 Å². The van der Waals surface area contributed by atoms with E-state index in [0.29, 0.717) is 28.4 Å². The van der Waals surface area contributed by atoms with E-state index in [4.69, 9.17) is 16.3 Å². The van der Waals surface area contributed by atoms with Crippen LogP contribution >= 0.6 is 11.6 Å². The first-order valence-electron chi connectivity index (χ1n) is 9.28. The standard InChI is InChI=1S/C24H19ClFNO3/c1-2-30-23(28)12-9-16-5-3-8-20(13-16)27-24(29)21-15-18(10-11-22(21)26)17-6-4-7-19(25)14-17/h3-15H,2H2,1H3,(H,27,29)/b12-9+. The van der Waals surface area contributed by atoms with Crippen LogP contribution in [0.1, 0.15) is 22.8 Å². The highest BCUT2D eigenvalue weighted by Crippen LogP contribution is 2.25. The van der Waals surface area contributed by atoms with Gasteiger partial charge in [0.05, 0.1) is 12.2 Å². The largest absolute Gasteiger partial charge is 0.463 e. The molecule has 0 radical (unpaired) electrons. The third-order valence-corrected chi connectivity index (χ3v) is 4.45. The molecule has 0 fully saturated rings. The van der Waals surface area contributed by atoms with Crippen LogP contribution in [0.5, 0.6) is 0 Å². The van der Waals surface area contributed by atoms with Gasteiger partial charge in [-0.3, -0.25) is 4.79 Å². The minimum atomic E-state index is -0.628. The molecule has 3 rings (SSSR count).